The maximum absolute atomic E-state index is 11.2. The van der Waals surface area contributed by atoms with E-state index in [0.717, 1.165) is 39.0 Å². The summed E-state index contributed by atoms with van der Waals surface area (Å²) in [6, 6.07) is 0. The smallest absolute Gasteiger partial charge is 0.152 e. The SMILES string of the molecule is CC(C)(C)NCCCCN1CCS(=O)(=O)CC1. The molecule has 0 amide bonds. The van der Waals surface area contributed by atoms with Crippen molar-refractivity contribution >= 4 is 9.84 Å². The van der Waals surface area contributed by atoms with Crippen molar-refractivity contribution in [1.82, 2.24) is 10.2 Å². The van der Waals surface area contributed by atoms with Crippen molar-refractivity contribution in [2.45, 2.75) is 39.2 Å². The van der Waals surface area contributed by atoms with E-state index in [1.807, 2.05) is 0 Å². The molecule has 1 N–H and O–H groups in total. The Morgan fingerprint density at radius 2 is 1.71 bits per heavy atom. The second-order valence-corrected chi connectivity index (χ2v) is 8.18. The average Bonchev–Trinajstić information content (AvgIpc) is 2.18. The van der Waals surface area contributed by atoms with Gasteiger partial charge in [-0.25, -0.2) is 8.42 Å². The molecule has 0 aliphatic carbocycles. The van der Waals surface area contributed by atoms with Gasteiger partial charge in [0, 0.05) is 18.6 Å². The first-order valence-electron chi connectivity index (χ1n) is 6.46. The normalized spacial score (nSPS) is 21.6. The van der Waals surface area contributed by atoms with Gasteiger partial charge in [0.15, 0.2) is 9.84 Å². The van der Waals surface area contributed by atoms with Gasteiger partial charge < -0.3 is 10.2 Å². The summed E-state index contributed by atoms with van der Waals surface area (Å²) in [6.45, 7) is 10.0. The van der Waals surface area contributed by atoms with Crippen molar-refractivity contribution in [3.63, 3.8) is 0 Å². The molecule has 1 fully saturated rings. The zero-order valence-electron chi connectivity index (χ0n) is 11.3. The van der Waals surface area contributed by atoms with E-state index in [4.69, 9.17) is 0 Å². The van der Waals surface area contributed by atoms with Crippen molar-refractivity contribution in [2.75, 3.05) is 37.7 Å². The zero-order chi connectivity index (χ0) is 12.9. The molecule has 5 heteroatoms. The van der Waals surface area contributed by atoms with Gasteiger partial charge in [-0.3, -0.25) is 0 Å². The van der Waals surface area contributed by atoms with Crippen molar-refractivity contribution in [3.05, 3.63) is 0 Å². The fourth-order valence-electron chi connectivity index (χ4n) is 1.90. The standard InChI is InChI=1S/C12H26N2O2S/c1-12(2,3)13-6-4-5-7-14-8-10-17(15,16)11-9-14/h13H,4-11H2,1-3H3. The monoisotopic (exact) mass is 262 g/mol. The van der Waals surface area contributed by atoms with Crippen LogP contribution in [0.2, 0.25) is 0 Å². The minimum Gasteiger partial charge on any atom is -0.312 e. The Bertz CT molecular complexity index is 306. The van der Waals surface area contributed by atoms with E-state index in [-0.39, 0.29) is 5.54 Å². The van der Waals surface area contributed by atoms with Gasteiger partial charge in [-0.1, -0.05) is 0 Å². The van der Waals surface area contributed by atoms with E-state index < -0.39 is 9.84 Å². The molecule has 0 aromatic heterocycles. The number of nitrogens with zero attached hydrogens (tertiary/aromatic N) is 1. The molecule has 0 saturated carbocycles. The lowest BCUT2D eigenvalue weighted by molar-refractivity contribution is 0.286. The molecular formula is C12H26N2O2S. The predicted octanol–water partition coefficient (Wildman–Crippen LogP) is 0.885. The predicted molar refractivity (Wildman–Crippen MR) is 72.1 cm³/mol. The van der Waals surface area contributed by atoms with Crippen molar-refractivity contribution in [2.24, 2.45) is 0 Å². The summed E-state index contributed by atoms with van der Waals surface area (Å²) in [6.07, 6.45) is 2.30. The molecule has 0 unspecified atom stereocenters. The highest BCUT2D eigenvalue weighted by Crippen LogP contribution is 2.05. The molecule has 1 rings (SSSR count). The third-order valence-corrected chi connectivity index (χ3v) is 4.60. The lowest BCUT2D eigenvalue weighted by Crippen LogP contribution is -2.41. The topological polar surface area (TPSA) is 49.4 Å². The van der Waals surface area contributed by atoms with Crippen LogP contribution in [0.3, 0.4) is 0 Å². The lowest BCUT2D eigenvalue weighted by Gasteiger charge is -2.26. The number of rotatable bonds is 5. The molecule has 17 heavy (non-hydrogen) atoms. The Kier molecular flexibility index (Phi) is 5.41. The van der Waals surface area contributed by atoms with Crippen LogP contribution >= 0.6 is 0 Å². The van der Waals surface area contributed by atoms with Crippen LogP contribution in [0, 0.1) is 0 Å². The molecule has 0 aromatic rings. The van der Waals surface area contributed by atoms with Crippen molar-refractivity contribution < 1.29 is 8.42 Å². The van der Waals surface area contributed by atoms with Gasteiger partial charge in [0.05, 0.1) is 11.5 Å². The molecule has 1 saturated heterocycles. The summed E-state index contributed by atoms with van der Waals surface area (Å²) < 4.78 is 22.5. The number of hydrogen-bond acceptors (Lipinski definition) is 4. The number of nitrogens with one attached hydrogen (secondary N) is 1. The van der Waals surface area contributed by atoms with Gasteiger partial charge in [-0.05, 0) is 46.7 Å². The van der Waals surface area contributed by atoms with Crippen LogP contribution in [-0.4, -0.2) is 56.5 Å². The highest BCUT2D eigenvalue weighted by atomic mass is 32.2. The van der Waals surface area contributed by atoms with Gasteiger partial charge in [-0.15, -0.1) is 0 Å². The first-order chi connectivity index (χ1) is 7.79. The summed E-state index contributed by atoms with van der Waals surface area (Å²) in [4.78, 5) is 2.26. The average molecular weight is 262 g/mol. The number of sulfone groups is 1. The van der Waals surface area contributed by atoms with Crippen LogP contribution in [0.1, 0.15) is 33.6 Å². The van der Waals surface area contributed by atoms with E-state index in [1.165, 1.54) is 0 Å². The summed E-state index contributed by atoms with van der Waals surface area (Å²) >= 11 is 0. The first kappa shape index (κ1) is 14.9. The molecule has 102 valence electrons. The van der Waals surface area contributed by atoms with E-state index >= 15 is 0 Å². The molecule has 0 aromatic carbocycles. The zero-order valence-corrected chi connectivity index (χ0v) is 12.1. The molecule has 0 bridgehead atoms. The van der Waals surface area contributed by atoms with Crippen molar-refractivity contribution in [1.29, 1.82) is 0 Å². The van der Waals surface area contributed by atoms with E-state index in [2.05, 4.69) is 31.0 Å². The second kappa shape index (κ2) is 6.16. The Balaban J connectivity index is 2.05. The Morgan fingerprint density at radius 1 is 1.12 bits per heavy atom. The van der Waals surface area contributed by atoms with Crippen LogP contribution < -0.4 is 5.32 Å². The van der Waals surface area contributed by atoms with Gasteiger partial charge >= 0.3 is 0 Å². The molecule has 0 spiro atoms. The minimum atomic E-state index is -2.72. The van der Waals surface area contributed by atoms with Crippen LogP contribution in [0.15, 0.2) is 0 Å². The van der Waals surface area contributed by atoms with Gasteiger partial charge in [0.2, 0.25) is 0 Å². The summed E-state index contributed by atoms with van der Waals surface area (Å²) in [5.41, 5.74) is 0.194. The Hall–Kier alpha value is -0.130. The minimum absolute atomic E-state index is 0.194. The second-order valence-electron chi connectivity index (χ2n) is 5.88. The summed E-state index contributed by atoms with van der Waals surface area (Å²) in [7, 11) is -2.72. The van der Waals surface area contributed by atoms with Crippen LogP contribution in [0.5, 0.6) is 0 Å². The van der Waals surface area contributed by atoms with E-state index in [9.17, 15) is 8.42 Å². The highest BCUT2D eigenvalue weighted by molar-refractivity contribution is 7.91. The molecule has 0 atom stereocenters. The quantitative estimate of drug-likeness (QED) is 0.748. The van der Waals surface area contributed by atoms with Gasteiger partial charge in [-0.2, -0.15) is 0 Å². The van der Waals surface area contributed by atoms with Crippen LogP contribution in [-0.2, 0) is 9.84 Å². The molecule has 0 radical (unpaired) electrons. The van der Waals surface area contributed by atoms with E-state index in [1.54, 1.807) is 0 Å². The van der Waals surface area contributed by atoms with Gasteiger partial charge in [0.25, 0.3) is 0 Å². The number of hydrogen-bond donors (Lipinski definition) is 1. The van der Waals surface area contributed by atoms with Gasteiger partial charge in [0.1, 0.15) is 0 Å². The summed E-state index contributed by atoms with van der Waals surface area (Å²) in [5, 5.41) is 3.46. The third-order valence-electron chi connectivity index (χ3n) is 2.99. The maximum atomic E-state index is 11.2. The molecule has 1 heterocycles. The largest absolute Gasteiger partial charge is 0.312 e. The molecule has 1 aliphatic heterocycles. The lowest BCUT2D eigenvalue weighted by atomic mass is 10.1. The van der Waals surface area contributed by atoms with Crippen LogP contribution in [0.25, 0.3) is 0 Å². The maximum Gasteiger partial charge on any atom is 0.152 e. The van der Waals surface area contributed by atoms with E-state index in [0.29, 0.717) is 11.5 Å². The van der Waals surface area contributed by atoms with Crippen molar-refractivity contribution in [3.8, 4) is 0 Å². The fourth-order valence-corrected chi connectivity index (χ4v) is 3.17. The first-order valence-corrected chi connectivity index (χ1v) is 8.28. The highest BCUT2D eigenvalue weighted by Gasteiger charge is 2.20. The summed E-state index contributed by atoms with van der Waals surface area (Å²) in [5.74, 6) is 0.681. The Labute approximate surface area is 106 Å². The van der Waals surface area contributed by atoms with Crippen LogP contribution in [0.4, 0.5) is 0 Å². The Morgan fingerprint density at radius 3 is 2.24 bits per heavy atom. The molecule has 4 nitrogen and oxygen atoms in total. The molecular weight excluding hydrogens is 236 g/mol. The number of unbranched alkanes of at least 4 members (excludes halogenated alkanes) is 1. The third kappa shape index (κ3) is 7.01. The molecule has 1 aliphatic rings. The fraction of sp³-hybridized carbons (Fsp3) is 1.00.